The lowest BCUT2D eigenvalue weighted by atomic mass is 10.1. The molecule has 0 radical (unpaired) electrons. The van der Waals surface area contributed by atoms with Crippen molar-refractivity contribution in [1.82, 2.24) is 9.78 Å². The standard InChI is InChI=1S/C13H19N3O4/c1-20-11-2-5-15(6-3-11)10-8-12(17)16(14-9-10)7-4-13(18)19/h8-9,11H,2-7H2,1H3,(H,18,19). The second kappa shape index (κ2) is 6.51. The van der Waals surface area contributed by atoms with E-state index in [2.05, 4.69) is 10.00 Å². The number of aromatic nitrogens is 2. The zero-order chi connectivity index (χ0) is 14.5. The Bertz CT molecular complexity index is 521. The second-order valence-corrected chi connectivity index (χ2v) is 4.84. The van der Waals surface area contributed by atoms with E-state index in [4.69, 9.17) is 9.84 Å². The number of hydrogen-bond acceptors (Lipinski definition) is 5. The van der Waals surface area contributed by atoms with Crippen molar-refractivity contribution in [3.8, 4) is 0 Å². The van der Waals surface area contributed by atoms with Crippen molar-refractivity contribution >= 4 is 11.7 Å². The fraction of sp³-hybridized carbons (Fsp3) is 0.615. The van der Waals surface area contributed by atoms with Gasteiger partial charge in [-0.15, -0.1) is 0 Å². The summed E-state index contributed by atoms with van der Waals surface area (Å²) in [7, 11) is 1.71. The number of aliphatic carboxylic acids is 1. The Morgan fingerprint density at radius 1 is 1.50 bits per heavy atom. The first-order valence-corrected chi connectivity index (χ1v) is 6.67. The minimum atomic E-state index is -0.940. The van der Waals surface area contributed by atoms with Crippen molar-refractivity contribution in [3.63, 3.8) is 0 Å². The molecule has 1 aliphatic rings. The van der Waals surface area contributed by atoms with Crippen LogP contribution >= 0.6 is 0 Å². The topological polar surface area (TPSA) is 84.7 Å². The highest BCUT2D eigenvalue weighted by Gasteiger charge is 2.19. The van der Waals surface area contributed by atoms with Gasteiger partial charge in [0.05, 0.1) is 31.0 Å². The lowest BCUT2D eigenvalue weighted by Gasteiger charge is -2.32. The lowest BCUT2D eigenvalue weighted by Crippen LogP contribution is -2.37. The zero-order valence-electron chi connectivity index (χ0n) is 11.5. The molecule has 0 saturated carbocycles. The number of methoxy groups -OCH3 is 1. The van der Waals surface area contributed by atoms with E-state index in [1.54, 1.807) is 13.3 Å². The van der Waals surface area contributed by atoms with Crippen LogP contribution in [0.3, 0.4) is 0 Å². The van der Waals surface area contributed by atoms with Gasteiger partial charge >= 0.3 is 5.97 Å². The molecule has 7 nitrogen and oxygen atoms in total. The smallest absolute Gasteiger partial charge is 0.305 e. The normalized spacial score (nSPS) is 16.4. The van der Waals surface area contributed by atoms with E-state index in [9.17, 15) is 9.59 Å². The largest absolute Gasteiger partial charge is 0.481 e. The summed E-state index contributed by atoms with van der Waals surface area (Å²) in [5.74, 6) is -0.940. The number of nitrogens with zero attached hydrogens (tertiary/aromatic N) is 3. The lowest BCUT2D eigenvalue weighted by molar-refractivity contribution is -0.137. The molecule has 0 bridgehead atoms. The molecule has 0 unspecified atom stereocenters. The molecule has 0 spiro atoms. The van der Waals surface area contributed by atoms with Gasteiger partial charge in [-0.05, 0) is 12.8 Å². The number of piperidine rings is 1. The molecule has 1 fully saturated rings. The Hall–Kier alpha value is -1.89. The molecule has 1 N–H and O–H groups in total. The number of aryl methyl sites for hydroxylation is 1. The van der Waals surface area contributed by atoms with Crippen LogP contribution < -0.4 is 10.5 Å². The number of carboxylic acids is 1. The van der Waals surface area contributed by atoms with Gasteiger partial charge in [0.15, 0.2) is 0 Å². The molecular formula is C13H19N3O4. The molecule has 2 rings (SSSR count). The Labute approximate surface area is 116 Å². The highest BCUT2D eigenvalue weighted by Crippen LogP contribution is 2.18. The monoisotopic (exact) mass is 281 g/mol. The Kier molecular flexibility index (Phi) is 4.73. The molecule has 110 valence electrons. The van der Waals surface area contributed by atoms with Crippen LogP contribution in [0.4, 0.5) is 5.69 Å². The van der Waals surface area contributed by atoms with Crippen molar-refractivity contribution in [2.24, 2.45) is 0 Å². The van der Waals surface area contributed by atoms with Crippen LogP contribution in [0.1, 0.15) is 19.3 Å². The number of carbonyl (C=O) groups is 1. The number of anilines is 1. The molecule has 0 amide bonds. The molecule has 7 heteroatoms. The van der Waals surface area contributed by atoms with E-state index < -0.39 is 5.97 Å². The average molecular weight is 281 g/mol. The molecule has 1 aromatic rings. The minimum absolute atomic E-state index is 0.0974. The van der Waals surface area contributed by atoms with Crippen LogP contribution in [-0.2, 0) is 16.1 Å². The zero-order valence-corrected chi connectivity index (χ0v) is 11.5. The van der Waals surface area contributed by atoms with E-state index in [1.165, 1.54) is 10.7 Å². The van der Waals surface area contributed by atoms with Gasteiger partial charge in [-0.2, -0.15) is 5.10 Å². The SMILES string of the molecule is COC1CCN(c2cnn(CCC(=O)O)c(=O)c2)CC1. The second-order valence-electron chi connectivity index (χ2n) is 4.84. The molecule has 1 aromatic heterocycles. The van der Waals surface area contributed by atoms with Crippen LogP contribution in [0.5, 0.6) is 0 Å². The van der Waals surface area contributed by atoms with Crippen molar-refractivity contribution in [2.45, 2.75) is 31.9 Å². The third kappa shape index (κ3) is 3.57. The van der Waals surface area contributed by atoms with Crippen molar-refractivity contribution < 1.29 is 14.6 Å². The number of rotatable bonds is 5. The van der Waals surface area contributed by atoms with E-state index in [0.29, 0.717) is 0 Å². The van der Waals surface area contributed by atoms with Gasteiger partial charge in [0.2, 0.25) is 0 Å². The molecule has 0 aromatic carbocycles. The summed E-state index contributed by atoms with van der Waals surface area (Å²) in [4.78, 5) is 24.5. The first kappa shape index (κ1) is 14.5. The Balaban J connectivity index is 2.02. The summed E-state index contributed by atoms with van der Waals surface area (Å²) in [5, 5.41) is 12.6. The molecule has 0 atom stereocenters. The number of carboxylic acid groups (broad SMARTS) is 1. The van der Waals surface area contributed by atoms with Crippen LogP contribution in [0.25, 0.3) is 0 Å². The summed E-state index contributed by atoms with van der Waals surface area (Å²) < 4.78 is 6.49. The third-order valence-electron chi connectivity index (χ3n) is 3.53. The number of ether oxygens (including phenoxy) is 1. The summed E-state index contributed by atoms with van der Waals surface area (Å²) in [6.07, 6.45) is 3.66. The molecular weight excluding hydrogens is 262 g/mol. The van der Waals surface area contributed by atoms with Gasteiger partial charge < -0.3 is 14.7 Å². The van der Waals surface area contributed by atoms with Crippen molar-refractivity contribution in [1.29, 1.82) is 0 Å². The van der Waals surface area contributed by atoms with Gasteiger partial charge in [-0.1, -0.05) is 0 Å². The highest BCUT2D eigenvalue weighted by molar-refractivity contribution is 5.66. The predicted molar refractivity (Wildman–Crippen MR) is 73.0 cm³/mol. The van der Waals surface area contributed by atoms with Gasteiger partial charge in [0.25, 0.3) is 5.56 Å². The van der Waals surface area contributed by atoms with E-state index in [-0.39, 0.29) is 24.6 Å². The van der Waals surface area contributed by atoms with Crippen LogP contribution in [-0.4, -0.2) is 47.2 Å². The fourth-order valence-electron chi connectivity index (χ4n) is 2.32. The Morgan fingerprint density at radius 2 is 2.20 bits per heavy atom. The minimum Gasteiger partial charge on any atom is -0.481 e. The van der Waals surface area contributed by atoms with E-state index >= 15 is 0 Å². The van der Waals surface area contributed by atoms with Gasteiger partial charge in [-0.3, -0.25) is 9.59 Å². The predicted octanol–water partition coefficient (Wildman–Crippen LogP) is 0.333. The van der Waals surface area contributed by atoms with Crippen molar-refractivity contribution in [3.05, 3.63) is 22.6 Å². The third-order valence-corrected chi connectivity index (χ3v) is 3.53. The quantitative estimate of drug-likeness (QED) is 0.837. The molecule has 1 aliphatic heterocycles. The van der Waals surface area contributed by atoms with E-state index in [1.807, 2.05) is 0 Å². The maximum Gasteiger partial charge on any atom is 0.305 e. The molecule has 0 aliphatic carbocycles. The Morgan fingerprint density at radius 3 is 2.75 bits per heavy atom. The van der Waals surface area contributed by atoms with Crippen LogP contribution in [0.15, 0.2) is 17.1 Å². The van der Waals surface area contributed by atoms with Gasteiger partial charge in [-0.25, -0.2) is 4.68 Å². The first-order chi connectivity index (χ1) is 9.60. The molecule has 1 saturated heterocycles. The average Bonchev–Trinajstić information content (AvgIpc) is 2.46. The molecule has 20 heavy (non-hydrogen) atoms. The highest BCUT2D eigenvalue weighted by atomic mass is 16.5. The summed E-state index contributed by atoms with van der Waals surface area (Å²) in [6, 6.07) is 1.52. The molecule has 2 heterocycles. The van der Waals surface area contributed by atoms with Crippen LogP contribution in [0.2, 0.25) is 0 Å². The number of hydrogen-bond donors (Lipinski definition) is 1. The maximum atomic E-state index is 11.9. The summed E-state index contributed by atoms with van der Waals surface area (Å²) in [5.41, 5.74) is 0.522. The van der Waals surface area contributed by atoms with Gasteiger partial charge in [0.1, 0.15) is 0 Å². The van der Waals surface area contributed by atoms with Gasteiger partial charge in [0, 0.05) is 26.3 Å². The van der Waals surface area contributed by atoms with E-state index in [0.717, 1.165) is 31.6 Å². The summed E-state index contributed by atoms with van der Waals surface area (Å²) >= 11 is 0. The summed E-state index contributed by atoms with van der Waals surface area (Å²) in [6.45, 7) is 1.76. The maximum absolute atomic E-state index is 11.9. The first-order valence-electron chi connectivity index (χ1n) is 6.67. The fourth-order valence-corrected chi connectivity index (χ4v) is 2.32. The van der Waals surface area contributed by atoms with Crippen LogP contribution in [0, 0.1) is 0 Å². The van der Waals surface area contributed by atoms with Crippen molar-refractivity contribution in [2.75, 3.05) is 25.1 Å².